The van der Waals surface area contributed by atoms with Crippen molar-refractivity contribution in [2.75, 3.05) is 25.0 Å². The lowest BCUT2D eigenvalue weighted by Gasteiger charge is -2.36. The first-order valence-electron chi connectivity index (χ1n) is 8.59. The van der Waals surface area contributed by atoms with Crippen molar-refractivity contribution in [1.82, 2.24) is 4.90 Å². The number of anilines is 1. The standard InChI is InChI=1S/C20H19Cl2N3O2/c1-13(20(26)24-17-7-4-15(11-23)18(22)10-17)25-8-9-27-19(12-25)14-2-5-16(21)6-3-14/h2-7,10,13,19H,8-9,12H2,1H3,(H,24,26)/t13-,19+/m1/s1. The summed E-state index contributed by atoms with van der Waals surface area (Å²) >= 11 is 12.0. The molecule has 1 aliphatic rings. The zero-order valence-corrected chi connectivity index (χ0v) is 16.3. The number of ether oxygens (including phenoxy) is 1. The summed E-state index contributed by atoms with van der Waals surface area (Å²) in [4.78, 5) is 14.7. The molecule has 2 aromatic rings. The Morgan fingerprint density at radius 3 is 2.70 bits per heavy atom. The second-order valence-corrected chi connectivity index (χ2v) is 7.22. The van der Waals surface area contributed by atoms with E-state index in [4.69, 9.17) is 33.2 Å². The van der Waals surface area contributed by atoms with Crippen molar-refractivity contribution in [1.29, 1.82) is 5.26 Å². The SMILES string of the molecule is C[C@H](C(=O)Nc1ccc(C#N)c(Cl)c1)N1CCO[C@H](c2ccc(Cl)cc2)C1. The Balaban J connectivity index is 1.64. The number of amides is 1. The van der Waals surface area contributed by atoms with Gasteiger partial charge in [-0.05, 0) is 42.8 Å². The first kappa shape index (κ1) is 19.7. The van der Waals surface area contributed by atoms with Crippen LogP contribution >= 0.6 is 23.2 Å². The number of morpholine rings is 1. The van der Waals surface area contributed by atoms with Crippen molar-refractivity contribution < 1.29 is 9.53 Å². The van der Waals surface area contributed by atoms with Crippen LogP contribution in [0.1, 0.15) is 24.2 Å². The van der Waals surface area contributed by atoms with Crippen LogP contribution in [0, 0.1) is 11.3 Å². The lowest BCUT2D eigenvalue weighted by Crippen LogP contribution is -2.48. The van der Waals surface area contributed by atoms with Gasteiger partial charge in [0.15, 0.2) is 0 Å². The van der Waals surface area contributed by atoms with Crippen LogP contribution in [0.15, 0.2) is 42.5 Å². The van der Waals surface area contributed by atoms with Crippen LogP contribution in [-0.2, 0) is 9.53 Å². The van der Waals surface area contributed by atoms with Crippen LogP contribution in [0.3, 0.4) is 0 Å². The van der Waals surface area contributed by atoms with Crippen molar-refractivity contribution >= 4 is 34.8 Å². The fourth-order valence-corrected chi connectivity index (χ4v) is 3.34. The molecule has 0 aromatic heterocycles. The van der Waals surface area contributed by atoms with Crippen LogP contribution in [-0.4, -0.2) is 36.5 Å². The molecule has 0 aliphatic carbocycles. The summed E-state index contributed by atoms with van der Waals surface area (Å²) in [5.41, 5.74) is 1.98. The minimum absolute atomic E-state index is 0.101. The Bertz CT molecular complexity index is 865. The van der Waals surface area contributed by atoms with Crippen molar-refractivity contribution in [2.45, 2.75) is 19.1 Å². The van der Waals surface area contributed by atoms with E-state index in [1.807, 2.05) is 37.3 Å². The normalized spacial score (nSPS) is 18.5. The maximum atomic E-state index is 12.6. The minimum Gasteiger partial charge on any atom is -0.371 e. The van der Waals surface area contributed by atoms with E-state index < -0.39 is 0 Å². The summed E-state index contributed by atoms with van der Waals surface area (Å²) in [6, 6.07) is 14.1. The van der Waals surface area contributed by atoms with Gasteiger partial charge in [-0.3, -0.25) is 9.69 Å². The van der Waals surface area contributed by atoms with Gasteiger partial charge >= 0.3 is 0 Å². The highest BCUT2D eigenvalue weighted by Gasteiger charge is 2.28. The smallest absolute Gasteiger partial charge is 0.241 e. The quantitative estimate of drug-likeness (QED) is 0.827. The molecule has 140 valence electrons. The summed E-state index contributed by atoms with van der Waals surface area (Å²) in [5.74, 6) is -0.132. The van der Waals surface area contributed by atoms with Gasteiger partial charge in [0.25, 0.3) is 0 Å². The molecular weight excluding hydrogens is 385 g/mol. The molecule has 1 heterocycles. The van der Waals surface area contributed by atoms with Crippen molar-refractivity contribution in [3.8, 4) is 6.07 Å². The second-order valence-electron chi connectivity index (χ2n) is 6.38. The molecule has 0 bridgehead atoms. The summed E-state index contributed by atoms with van der Waals surface area (Å²) in [5, 5.41) is 12.8. The third-order valence-corrected chi connectivity index (χ3v) is 5.19. The monoisotopic (exact) mass is 403 g/mol. The predicted octanol–water partition coefficient (Wildman–Crippen LogP) is 4.27. The maximum absolute atomic E-state index is 12.6. The third kappa shape index (κ3) is 4.79. The van der Waals surface area contributed by atoms with E-state index in [2.05, 4.69) is 10.2 Å². The van der Waals surface area contributed by atoms with Crippen molar-refractivity contribution in [2.24, 2.45) is 0 Å². The highest BCUT2D eigenvalue weighted by atomic mass is 35.5. The summed E-state index contributed by atoms with van der Waals surface area (Å²) in [6.07, 6.45) is -0.101. The van der Waals surface area contributed by atoms with Gasteiger partial charge in [-0.2, -0.15) is 5.26 Å². The number of nitrogens with zero attached hydrogens (tertiary/aromatic N) is 2. The molecule has 0 unspecified atom stereocenters. The molecule has 3 rings (SSSR count). The molecule has 1 N–H and O–H groups in total. The fourth-order valence-electron chi connectivity index (χ4n) is 3.00. The van der Waals surface area contributed by atoms with Crippen molar-refractivity contribution in [3.05, 3.63) is 63.6 Å². The lowest BCUT2D eigenvalue weighted by molar-refractivity contribution is -0.124. The van der Waals surface area contributed by atoms with E-state index in [9.17, 15) is 4.79 Å². The molecule has 1 saturated heterocycles. The Kier molecular flexibility index (Phi) is 6.35. The highest BCUT2D eigenvalue weighted by molar-refractivity contribution is 6.32. The van der Waals surface area contributed by atoms with Gasteiger partial charge < -0.3 is 10.1 Å². The fraction of sp³-hybridized carbons (Fsp3) is 0.300. The zero-order valence-electron chi connectivity index (χ0n) is 14.8. The number of nitrogens with one attached hydrogen (secondary N) is 1. The molecule has 1 amide bonds. The van der Waals surface area contributed by atoms with Crippen molar-refractivity contribution in [3.63, 3.8) is 0 Å². The third-order valence-electron chi connectivity index (χ3n) is 4.62. The van der Waals surface area contributed by atoms with Gasteiger partial charge in [-0.15, -0.1) is 0 Å². The van der Waals surface area contributed by atoms with Crippen LogP contribution in [0.5, 0.6) is 0 Å². The molecule has 0 radical (unpaired) electrons. The maximum Gasteiger partial charge on any atom is 0.241 e. The number of rotatable bonds is 4. The van der Waals surface area contributed by atoms with E-state index >= 15 is 0 Å². The van der Waals surface area contributed by atoms with E-state index in [-0.39, 0.29) is 18.1 Å². The Hall–Kier alpha value is -2.10. The van der Waals surface area contributed by atoms with Gasteiger partial charge in [-0.1, -0.05) is 35.3 Å². The zero-order chi connectivity index (χ0) is 19.4. The first-order valence-corrected chi connectivity index (χ1v) is 9.35. The Morgan fingerprint density at radius 2 is 2.04 bits per heavy atom. The van der Waals surface area contributed by atoms with Crippen LogP contribution < -0.4 is 5.32 Å². The molecule has 1 fully saturated rings. The number of hydrogen-bond donors (Lipinski definition) is 1. The topological polar surface area (TPSA) is 65.4 Å². The molecular formula is C20H19Cl2N3O2. The summed E-state index contributed by atoms with van der Waals surface area (Å²) < 4.78 is 5.86. The summed E-state index contributed by atoms with van der Waals surface area (Å²) in [7, 11) is 0. The van der Waals surface area contributed by atoms with E-state index in [0.29, 0.717) is 41.0 Å². The molecule has 0 spiro atoms. The molecule has 27 heavy (non-hydrogen) atoms. The Labute approximate surface area is 168 Å². The van der Waals surface area contributed by atoms with Gasteiger partial charge in [0, 0.05) is 23.8 Å². The highest BCUT2D eigenvalue weighted by Crippen LogP contribution is 2.25. The van der Waals surface area contributed by atoms with Crippen LogP contribution in [0.2, 0.25) is 10.0 Å². The number of carbonyl (C=O) groups is 1. The average molecular weight is 404 g/mol. The number of halogens is 2. The van der Waals surface area contributed by atoms with Crippen LogP contribution in [0.25, 0.3) is 0 Å². The number of carbonyl (C=O) groups excluding carboxylic acids is 1. The molecule has 7 heteroatoms. The van der Waals surface area contributed by atoms with E-state index in [1.54, 1.807) is 18.2 Å². The molecule has 1 aliphatic heterocycles. The lowest BCUT2D eigenvalue weighted by atomic mass is 10.1. The molecule has 0 saturated carbocycles. The number of benzene rings is 2. The predicted molar refractivity (Wildman–Crippen MR) is 106 cm³/mol. The largest absolute Gasteiger partial charge is 0.371 e. The van der Waals surface area contributed by atoms with E-state index in [0.717, 1.165) is 5.56 Å². The van der Waals surface area contributed by atoms with Gasteiger partial charge in [-0.25, -0.2) is 0 Å². The number of nitriles is 1. The molecule has 5 nitrogen and oxygen atoms in total. The summed E-state index contributed by atoms with van der Waals surface area (Å²) in [6.45, 7) is 3.70. The van der Waals surface area contributed by atoms with Gasteiger partial charge in [0.1, 0.15) is 6.07 Å². The van der Waals surface area contributed by atoms with Gasteiger partial charge in [0.05, 0.1) is 29.3 Å². The minimum atomic E-state index is -0.335. The van der Waals surface area contributed by atoms with Gasteiger partial charge in [0.2, 0.25) is 5.91 Å². The molecule has 2 aromatic carbocycles. The Morgan fingerprint density at radius 1 is 1.30 bits per heavy atom. The average Bonchev–Trinajstić information content (AvgIpc) is 2.68. The van der Waals surface area contributed by atoms with E-state index in [1.165, 1.54) is 0 Å². The number of hydrogen-bond acceptors (Lipinski definition) is 4. The van der Waals surface area contributed by atoms with Crippen LogP contribution in [0.4, 0.5) is 5.69 Å². The molecule has 2 atom stereocenters. The first-order chi connectivity index (χ1) is 13.0. The second kappa shape index (κ2) is 8.73.